The van der Waals surface area contributed by atoms with Crippen molar-refractivity contribution in [1.82, 2.24) is 0 Å². The summed E-state index contributed by atoms with van der Waals surface area (Å²) in [4.78, 5) is 0.809. The van der Waals surface area contributed by atoms with Gasteiger partial charge in [0.2, 0.25) is 6.29 Å². The number of aliphatic hydroxyl groups excluding tert-OH is 2. The highest BCUT2D eigenvalue weighted by Gasteiger charge is 2.49. The summed E-state index contributed by atoms with van der Waals surface area (Å²) in [5.41, 5.74) is 0.847. The average Bonchev–Trinajstić information content (AvgIpc) is 2.68. The van der Waals surface area contributed by atoms with Crippen LogP contribution >= 0.6 is 12.2 Å². The molecule has 1 aromatic carbocycles. The molecule has 0 spiro atoms. The van der Waals surface area contributed by atoms with Crippen LogP contribution in [0.15, 0.2) is 54.3 Å². The van der Waals surface area contributed by atoms with Gasteiger partial charge in [-0.25, -0.2) is 0 Å². The van der Waals surface area contributed by atoms with E-state index in [1.54, 1.807) is 12.2 Å². The molecular weight excluding hydrogens is 356 g/mol. The van der Waals surface area contributed by atoms with Crippen LogP contribution in [0.5, 0.6) is 0 Å². The first kappa shape index (κ1) is 17.8. The van der Waals surface area contributed by atoms with E-state index in [0.717, 1.165) is 10.4 Å². The fourth-order valence-electron chi connectivity index (χ4n) is 3.19. The molecule has 0 bridgehead atoms. The molecule has 2 fully saturated rings. The molecule has 2 heterocycles. The molecule has 6 atom stereocenters. The van der Waals surface area contributed by atoms with E-state index in [9.17, 15) is 10.2 Å². The predicted octanol–water partition coefficient (Wildman–Crippen LogP) is 1.78. The average molecular weight is 376 g/mol. The van der Waals surface area contributed by atoms with Gasteiger partial charge in [-0.15, -0.1) is 0 Å². The van der Waals surface area contributed by atoms with Gasteiger partial charge in [-0.05, 0) is 18.2 Å². The highest BCUT2D eigenvalue weighted by molar-refractivity contribution is 7.80. The van der Waals surface area contributed by atoms with Crippen molar-refractivity contribution < 1.29 is 29.2 Å². The SMILES string of the molecule is O[C@@H]1[C@@H](O)[C@H](OC2=CCC(=S)C=C2)O[C@@H]2COC(c3ccccc3)O[C@@H]12. The van der Waals surface area contributed by atoms with Gasteiger partial charge in [0.15, 0.2) is 6.29 Å². The Morgan fingerprint density at radius 1 is 1.04 bits per heavy atom. The first-order chi connectivity index (χ1) is 12.6. The molecule has 1 aliphatic carbocycles. The highest BCUT2D eigenvalue weighted by atomic mass is 32.1. The van der Waals surface area contributed by atoms with E-state index in [-0.39, 0.29) is 6.61 Å². The van der Waals surface area contributed by atoms with Crippen molar-refractivity contribution in [2.45, 2.75) is 43.4 Å². The number of aliphatic hydroxyl groups is 2. The Morgan fingerprint density at radius 3 is 2.58 bits per heavy atom. The first-order valence-electron chi connectivity index (χ1n) is 8.53. The van der Waals surface area contributed by atoms with Gasteiger partial charge < -0.3 is 29.2 Å². The van der Waals surface area contributed by atoms with E-state index in [1.807, 2.05) is 36.4 Å². The van der Waals surface area contributed by atoms with Crippen LogP contribution in [-0.2, 0) is 18.9 Å². The number of ether oxygens (including phenoxy) is 4. The molecule has 1 unspecified atom stereocenters. The third-order valence-electron chi connectivity index (χ3n) is 4.60. The summed E-state index contributed by atoms with van der Waals surface area (Å²) in [6, 6.07) is 9.45. The molecule has 138 valence electrons. The summed E-state index contributed by atoms with van der Waals surface area (Å²) in [6.45, 7) is 0.229. The minimum absolute atomic E-state index is 0.229. The Hall–Kier alpha value is -1.61. The summed E-state index contributed by atoms with van der Waals surface area (Å²) >= 11 is 5.09. The fraction of sp³-hybridized carbons (Fsp3) is 0.421. The molecule has 0 radical (unpaired) electrons. The van der Waals surface area contributed by atoms with E-state index in [0.29, 0.717) is 12.2 Å². The number of fused-ring (bicyclic) bond motifs is 1. The molecule has 3 aliphatic rings. The Kier molecular flexibility index (Phi) is 5.17. The molecule has 4 rings (SSSR count). The van der Waals surface area contributed by atoms with Gasteiger partial charge in [0.25, 0.3) is 0 Å². The van der Waals surface area contributed by atoms with Crippen LogP contribution in [-0.4, -0.2) is 52.4 Å². The lowest BCUT2D eigenvalue weighted by atomic mass is 9.98. The maximum atomic E-state index is 10.5. The zero-order valence-electron chi connectivity index (χ0n) is 13.9. The van der Waals surface area contributed by atoms with E-state index in [1.165, 1.54) is 0 Å². The lowest BCUT2D eigenvalue weighted by molar-refractivity contribution is -0.356. The monoisotopic (exact) mass is 376 g/mol. The largest absolute Gasteiger partial charge is 0.462 e. The number of hydrogen-bond donors (Lipinski definition) is 2. The van der Waals surface area contributed by atoms with Crippen LogP contribution in [0.25, 0.3) is 0 Å². The van der Waals surface area contributed by atoms with Crippen LogP contribution in [0.2, 0.25) is 0 Å². The summed E-state index contributed by atoms with van der Waals surface area (Å²) in [5, 5.41) is 20.9. The normalized spacial score (nSPS) is 37.0. The molecule has 0 amide bonds. The molecule has 6 nitrogen and oxygen atoms in total. The van der Waals surface area contributed by atoms with Crippen molar-refractivity contribution in [2.75, 3.05) is 6.61 Å². The lowest BCUT2D eigenvalue weighted by Crippen LogP contribution is -2.62. The Bertz CT molecular complexity index is 716. The number of rotatable bonds is 3. The molecule has 2 aliphatic heterocycles. The molecular formula is C19H20O6S. The van der Waals surface area contributed by atoms with Gasteiger partial charge in [0, 0.05) is 16.8 Å². The Balaban J connectivity index is 1.43. The second-order valence-corrected chi connectivity index (χ2v) is 6.95. The standard InChI is InChI=1S/C19H20O6S/c20-15-16(21)19(23-12-6-8-13(26)9-7-12)24-14-10-22-18(25-17(14)15)11-4-2-1-3-5-11/h1-8,14-21H,9-10H2/t14-,15-,16-,17-,18?,19-/m1/s1. The van der Waals surface area contributed by atoms with Crippen LogP contribution in [0.1, 0.15) is 18.3 Å². The summed E-state index contributed by atoms with van der Waals surface area (Å²) in [7, 11) is 0. The number of thiocarbonyl (C=S) groups is 1. The van der Waals surface area contributed by atoms with E-state index in [4.69, 9.17) is 31.2 Å². The van der Waals surface area contributed by atoms with Crippen molar-refractivity contribution in [3.05, 3.63) is 59.9 Å². The van der Waals surface area contributed by atoms with Gasteiger partial charge in [0.05, 0.1) is 6.61 Å². The topological polar surface area (TPSA) is 77.4 Å². The second-order valence-electron chi connectivity index (χ2n) is 6.43. The van der Waals surface area contributed by atoms with E-state index in [2.05, 4.69) is 0 Å². The van der Waals surface area contributed by atoms with Gasteiger partial charge in [-0.2, -0.15) is 0 Å². The van der Waals surface area contributed by atoms with Gasteiger partial charge in [-0.3, -0.25) is 0 Å². The van der Waals surface area contributed by atoms with E-state index >= 15 is 0 Å². The van der Waals surface area contributed by atoms with Gasteiger partial charge in [0.1, 0.15) is 30.2 Å². The van der Waals surface area contributed by atoms with Crippen molar-refractivity contribution in [3.63, 3.8) is 0 Å². The second kappa shape index (κ2) is 7.56. The molecule has 1 aromatic rings. The van der Waals surface area contributed by atoms with Crippen molar-refractivity contribution >= 4 is 17.1 Å². The van der Waals surface area contributed by atoms with Crippen LogP contribution < -0.4 is 0 Å². The summed E-state index contributed by atoms with van der Waals surface area (Å²) < 4.78 is 23.1. The molecule has 7 heteroatoms. The molecule has 0 saturated carbocycles. The van der Waals surface area contributed by atoms with Crippen molar-refractivity contribution in [2.24, 2.45) is 0 Å². The van der Waals surface area contributed by atoms with Gasteiger partial charge >= 0.3 is 0 Å². The molecule has 2 saturated heterocycles. The highest BCUT2D eigenvalue weighted by Crippen LogP contribution is 2.35. The minimum Gasteiger partial charge on any atom is -0.462 e. The molecule has 26 heavy (non-hydrogen) atoms. The number of allylic oxidation sites excluding steroid dienone is 3. The minimum atomic E-state index is -1.24. The molecule has 2 N–H and O–H groups in total. The van der Waals surface area contributed by atoms with Crippen LogP contribution in [0, 0.1) is 0 Å². The lowest BCUT2D eigenvalue weighted by Gasteiger charge is -2.46. The Labute approximate surface area is 156 Å². The number of hydrogen-bond acceptors (Lipinski definition) is 7. The van der Waals surface area contributed by atoms with Crippen molar-refractivity contribution in [3.8, 4) is 0 Å². The maximum Gasteiger partial charge on any atom is 0.229 e. The Morgan fingerprint density at radius 2 is 1.85 bits per heavy atom. The quantitative estimate of drug-likeness (QED) is 0.779. The van der Waals surface area contributed by atoms with Gasteiger partial charge in [-0.1, -0.05) is 42.5 Å². The van der Waals surface area contributed by atoms with Crippen molar-refractivity contribution in [1.29, 1.82) is 0 Å². The summed E-state index contributed by atoms with van der Waals surface area (Å²) in [5.74, 6) is 0.549. The number of benzene rings is 1. The van der Waals surface area contributed by atoms with Crippen LogP contribution in [0.3, 0.4) is 0 Å². The van der Waals surface area contributed by atoms with Crippen LogP contribution in [0.4, 0.5) is 0 Å². The smallest absolute Gasteiger partial charge is 0.229 e. The molecule has 0 aromatic heterocycles. The predicted molar refractivity (Wildman–Crippen MR) is 96.2 cm³/mol. The fourth-order valence-corrected chi connectivity index (χ4v) is 3.34. The van der Waals surface area contributed by atoms with E-state index < -0.39 is 37.0 Å². The maximum absolute atomic E-state index is 10.5. The third-order valence-corrected chi connectivity index (χ3v) is 4.90. The zero-order chi connectivity index (χ0) is 18.1. The third kappa shape index (κ3) is 3.59. The zero-order valence-corrected chi connectivity index (χ0v) is 14.7. The summed E-state index contributed by atoms with van der Waals surface area (Å²) in [6.07, 6.45) is 0.673. The first-order valence-corrected chi connectivity index (χ1v) is 8.94.